The Morgan fingerprint density at radius 3 is 1.75 bits per heavy atom. The van der Waals surface area contributed by atoms with Crippen molar-refractivity contribution in [2.24, 2.45) is 0 Å². The summed E-state index contributed by atoms with van der Waals surface area (Å²) >= 11 is 12.4. The lowest BCUT2D eigenvalue weighted by Crippen LogP contribution is -2.16. The van der Waals surface area contributed by atoms with Gasteiger partial charge in [0.05, 0.1) is 9.52 Å². The van der Waals surface area contributed by atoms with Crippen LogP contribution in [0.3, 0.4) is 0 Å². The van der Waals surface area contributed by atoms with E-state index in [9.17, 15) is 0 Å². The van der Waals surface area contributed by atoms with Crippen molar-refractivity contribution in [1.82, 2.24) is 0 Å². The average molecular weight is 337 g/mol. The smallest absolute Gasteiger partial charge is 0.146 e. The van der Waals surface area contributed by atoms with E-state index in [2.05, 4.69) is 60.7 Å². The second-order valence-electron chi connectivity index (χ2n) is 5.03. The molecule has 0 bridgehead atoms. The van der Waals surface area contributed by atoms with Gasteiger partial charge in [0.15, 0.2) is 0 Å². The number of hydrogen-bond acceptors (Lipinski definition) is 0. The van der Waals surface area contributed by atoms with E-state index in [1.54, 1.807) is 0 Å². The van der Waals surface area contributed by atoms with Crippen molar-refractivity contribution in [3.63, 3.8) is 0 Å². The van der Waals surface area contributed by atoms with Gasteiger partial charge in [0.1, 0.15) is 0 Å². The van der Waals surface area contributed by atoms with Crippen LogP contribution in [0.5, 0.6) is 0 Å². The van der Waals surface area contributed by atoms with Crippen LogP contribution in [0.1, 0.15) is 16.7 Å². The van der Waals surface area contributed by atoms with Gasteiger partial charge in [-0.2, -0.15) is 0 Å². The lowest BCUT2D eigenvalue weighted by Gasteiger charge is -2.18. The summed E-state index contributed by atoms with van der Waals surface area (Å²) < 4.78 is 0. The third kappa shape index (κ3) is 5.09. The molecule has 0 saturated heterocycles. The van der Waals surface area contributed by atoms with E-state index in [4.69, 9.17) is 22.2 Å². The van der Waals surface area contributed by atoms with E-state index in [1.165, 1.54) is 11.1 Å². The zero-order chi connectivity index (χ0) is 14.4. The molecule has 4 heteroatoms. The molecule has 2 rings (SSSR count). The summed E-state index contributed by atoms with van der Waals surface area (Å²) in [5.74, 6) is 0. The Balaban J connectivity index is 2.13. The molecule has 0 aromatic heterocycles. The van der Waals surface area contributed by atoms with Crippen molar-refractivity contribution in [3.8, 4) is 0 Å². The molecule has 0 aliphatic heterocycles. The standard InChI is InChI=1S/C16H18Cl2Si2/c1-20(17,18)13-12-19-16(14-8-4-2-5-9-14)15-10-6-3-7-11-15/h2-11,16H,12-13H2,1H3. The summed E-state index contributed by atoms with van der Waals surface area (Å²) in [6.45, 7) is 0.0261. The van der Waals surface area contributed by atoms with Gasteiger partial charge in [0, 0.05) is 0 Å². The number of halogens is 2. The molecular formula is C16H18Cl2Si2. The van der Waals surface area contributed by atoms with Crippen molar-refractivity contribution in [1.29, 1.82) is 0 Å². The quantitative estimate of drug-likeness (QED) is 0.486. The summed E-state index contributed by atoms with van der Waals surface area (Å²) in [4.78, 5) is 0. The van der Waals surface area contributed by atoms with Crippen LogP contribution in [0.2, 0.25) is 18.6 Å². The minimum Gasteiger partial charge on any atom is -0.146 e. The topological polar surface area (TPSA) is 0 Å². The van der Waals surface area contributed by atoms with E-state index in [1.807, 2.05) is 6.55 Å². The van der Waals surface area contributed by atoms with E-state index in [-0.39, 0.29) is 0 Å². The Morgan fingerprint density at radius 1 is 0.900 bits per heavy atom. The van der Waals surface area contributed by atoms with Crippen molar-refractivity contribution in [3.05, 3.63) is 71.8 Å². The van der Waals surface area contributed by atoms with Gasteiger partial charge in [-0.25, -0.2) is 0 Å². The van der Waals surface area contributed by atoms with Crippen LogP contribution in [0.25, 0.3) is 0 Å². The van der Waals surface area contributed by atoms with Gasteiger partial charge in [-0.3, -0.25) is 0 Å². The van der Waals surface area contributed by atoms with E-state index in [0.29, 0.717) is 5.54 Å². The van der Waals surface area contributed by atoms with E-state index < -0.39 is 6.69 Å². The van der Waals surface area contributed by atoms with Crippen LogP contribution >= 0.6 is 22.2 Å². The van der Waals surface area contributed by atoms with Crippen molar-refractivity contribution < 1.29 is 0 Å². The first-order valence-corrected chi connectivity index (χ1v) is 12.8. The minimum atomic E-state index is -1.97. The SMILES string of the molecule is C[Si](Cl)(Cl)CC[Si]C(c1ccccc1)c1ccccc1. The molecule has 0 saturated carbocycles. The van der Waals surface area contributed by atoms with Crippen molar-refractivity contribution in [2.45, 2.75) is 24.2 Å². The fourth-order valence-corrected chi connectivity index (χ4v) is 7.33. The molecule has 0 aliphatic rings. The summed E-state index contributed by atoms with van der Waals surface area (Å²) in [6.07, 6.45) is 0. The zero-order valence-corrected chi connectivity index (χ0v) is 15.0. The van der Waals surface area contributed by atoms with Gasteiger partial charge in [-0.05, 0) is 29.3 Å². The Kier molecular flexibility index (Phi) is 5.91. The zero-order valence-electron chi connectivity index (χ0n) is 11.5. The van der Waals surface area contributed by atoms with Crippen LogP contribution < -0.4 is 0 Å². The van der Waals surface area contributed by atoms with Gasteiger partial charge < -0.3 is 0 Å². The number of rotatable bonds is 6. The summed E-state index contributed by atoms with van der Waals surface area (Å²) in [6, 6.07) is 23.5. The summed E-state index contributed by atoms with van der Waals surface area (Å²) in [7, 11) is 0.818. The van der Waals surface area contributed by atoms with Crippen LogP contribution in [0.4, 0.5) is 0 Å². The predicted octanol–water partition coefficient (Wildman–Crippen LogP) is 5.45. The average Bonchev–Trinajstić information content (AvgIpc) is 2.44. The lowest BCUT2D eigenvalue weighted by molar-refractivity contribution is 1.10. The second kappa shape index (κ2) is 7.46. The van der Waals surface area contributed by atoms with Crippen LogP contribution in [-0.2, 0) is 0 Å². The van der Waals surface area contributed by atoms with E-state index in [0.717, 1.165) is 21.6 Å². The predicted molar refractivity (Wildman–Crippen MR) is 93.4 cm³/mol. The molecule has 20 heavy (non-hydrogen) atoms. The van der Waals surface area contributed by atoms with Gasteiger partial charge in [-0.1, -0.05) is 66.7 Å². The third-order valence-corrected chi connectivity index (χ3v) is 7.55. The molecule has 2 aromatic carbocycles. The molecule has 0 atom stereocenters. The van der Waals surface area contributed by atoms with Gasteiger partial charge in [0.2, 0.25) is 6.69 Å². The first kappa shape index (κ1) is 15.8. The highest BCUT2D eigenvalue weighted by Gasteiger charge is 2.22. The second-order valence-corrected chi connectivity index (χ2v) is 14.7. The maximum atomic E-state index is 6.22. The molecule has 0 N–H and O–H groups in total. The molecule has 2 radical (unpaired) electrons. The van der Waals surface area contributed by atoms with Gasteiger partial charge in [0.25, 0.3) is 0 Å². The largest absolute Gasteiger partial charge is 0.248 e. The molecule has 0 nitrogen and oxygen atoms in total. The fraction of sp³-hybridized carbons (Fsp3) is 0.250. The maximum absolute atomic E-state index is 6.22. The monoisotopic (exact) mass is 336 g/mol. The highest BCUT2D eigenvalue weighted by molar-refractivity contribution is 7.45. The molecule has 0 aliphatic carbocycles. The Bertz CT molecular complexity index is 470. The Labute approximate surface area is 134 Å². The molecule has 0 heterocycles. The highest BCUT2D eigenvalue weighted by atomic mass is 35.7. The lowest BCUT2D eigenvalue weighted by atomic mass is 10.0. The number of benzene rings is 2. The normalized spacial score (nSPS) is 11.8. The van der Waals surface area contributed by atoms with Crippen LogP contribution in [-0.4, -0.2) is 16.2 Å². The molecule has 0 amide bonds. The summed E-state index contributed by atoms with van der Waals surface area (Å²) in [5.41, 5.74) is 3.22. The Morgan fingerprint density at radius 2 is 1.35 bits per heavy atom. The minimum absolute atomic E-state index is 0.460. The van der Waals surface area contributed by atoms with E-state index >= 15 is 0 Å². The first-order chi connectivity index (χ1) is 9.56. The first-order valence-electron chi connectivity index (χ1n) is 6.77. The molecule has 2 aromatic rings. The van der Waals surface area contributed by atoms with Crippen LogP contribution in [0.15, 0.2) is 60.7 Å². The molecule has 0 fully saturated rings. The molecule has 104 valence electrons. The molecule has 0 spiro atoms. The maximum Gasteiger partial charge on any atom is 0.248 e. The van der Waals surface area contributed by atoms with Crippen molar-refractivity contribution >= 4 is 38.4 Å². The Hall–Kier alpha value is -0.546. The van der Waals surface area contributed by atoms with Gasteiger partial charge >= 0.3 is 0 Å². The summed E-state index contributed by atoms with van der Waals surface area (Å²) in [5, 5.41) is 0. The highest BCUT2D eigenvalue weighted by Crippen LogP contribution is 2.27. The number of hydrogen-bond donors (Lipinski definition) is 0. The van der Waals surface area contributed by atoms with Gasteiger partial charge in [-0.15, -0.1) is 22.2 Å². The molecular weight excluding hydrogens is 319 g/mol. The third-order valence-electron chi connectivity index (χ3n) is 3.18. The van der Waals surface area contributed by atoms with Crippen molar-refractivity contribution in [2.75, 3.05) is 0 Å². The molecule has 0 unspecified atom stereocenters. The van der Waals surface area contributed by atoms with Crippen LogP contribution in [0, 0.1) is 0 Å². The fourth-order valence-electron chi connectivity index (χ4n) is 2.16.